The molecule has 1 fully saturated rings. The molecule has 1 aromatic rings. The van der Waals surface area contributed by atoms with E-state index in [9.17, 15) is 0 Å². The van der Waals surface area contributed by atoms with Gasteiger partial charge in [0.15, 0.2) is 0 Å². The van der Waals surface area contributed by atoms with Crippen molar-refractivity contribution in [3.05, 3.63) is 16.5 Å². The lowest BCUT2D eigenvalue weighted by Crippen LogP contribution is -2.30. The smallest absolute Gasteiger partial charge is 0.224 e. The second-order valence-electron chi connectivity index (χ2n) is 4.80. The number of likely N-dealkylation sites (tertiary alicyclic amines) is 1. The quantitative estimate of drug-likeness (QED) is 0.865. The third-order valence-corrected chi connectivity index (χ3v) is 3.86. The fourth-order valence-electron chi connectivity index (χ4n) is 2.22. The van der Waals surface area contributed by atoms with E-state index in [2.05, 4.69) is 27.2 Å². The topological polar surface area (TPSA) is 41.0 Å². The van der Waals surface area contributed by atoms with E-state index in [1.54, 1.807) is 0 Å². The van der Waals surface area contributed by atoms with Gasteiger partial charge in [0.05, 0.1) is 6.20 Å². The lowest BCUT2D eigenvalue weighted by Gasteiger charge is -2.28. The van der Waals surface area contributed by atoms with Crippen molar-refractivity contribution in [1.82, 2.24) is 14.9 Å². The van der Waals surface area contributed by atoms with E-state index >= 15 is 0 Å². The molecule has 0 radical (unpaired) electrons. The van der Waals surface area contributed by atoms with Crippen LogP contribution >= 0.6 is 23.2 Å². The van der Waals surface area contributed by atoms with Crippen LogP contribution in [-0.2, 0) is 0 Å². The molecule has 0 atom stereocenters. The Hall–Kier alpha value is -0.580. The molecule has 0 bridgehead atoms. The third-order valence-electron chi connectivity index (χ3n) is 3.40. The van der Waals surface area contributed by atoms with Gasteiger partial charge >= 0.3 is 0 Å². The Morgan fingerprint density at radius 3 is 2.83 bits per heavy atom. The molecule has 6 heteroatoms. The summed E-state index contributed by atoms with van der Waals surface area (Å²) in [6.45, 7) is 3.27. The number of nitrogens with one attached hydrogen (secondary N) is 1. The van der Waals surface area contributed by atoms with Gasteiger partial charge in [-0.25, -0.2) is 4.98 Å². The maximum atomic E-state index is 5.98. The molecule has 0 spiro atoms. The number of anilines is 1. The van der Waals surface area contributed by atoms with Crippen molar-refractivity contribution in [3.63, 3.8) is 0 Å². The van der Waals surface area contributed by atoms with E-state index in [-0.39, 0.29) is 5.28 Å². The van der Waals surface area contributed by atoms with E-state index in [1.807, 2.05) is 0 Å². The zero-order valence-corrected chi connectivity index (χ0v) is 12.0. The minimum absolute atomic E-state index is 0.223. The molecule has 1 N–H and O–H groups in total. The minimum atomic E-state index is 0.223. The van der Waals surface area contributed by atoms with Gasteiger partial charge in [0.25, 0.3) is 0 Å². The van der Waals surface area contributed by atoms with E-state index in [0.717, 1.165) is 18.9 Å². The number of rotatable bonds is 4. The van der Waals surface area contributed by atoms with Crippen LogP contribution in [0.4, 0.5) is 5.82 Å². The van der Waals surface area contributed by atoms with Crippen molar-refractivity contribution in [2.24, 2.45) is 5.92 Å². The van der Waals surface area contributed by atoms with Crippen molar-refractivity contribution in [1.29, 1.82) is 0 Å². The van der Waals surface area contributed by atoms with Crippen LogP contribution in [0.5, 0.6) is 0 Å². The number of halogens is 2. The highest BCUT2D eigenvalue weighted by atomic mass is 35.5. The molecule has 0 aliphatic carbocycles. The monoisotopic (exact) mass is 288 g/mol. The normalized spacial score (nSPS) is 17.9. The zero-order chi connectivity index (χ0) is 13.0. The number of nitrogens with zero attached hydrogens (tertiary/aromatic N) is 3. The van der Waals surface area contributed by atoms with E-state index < -0.39 is 0 Å². The van der Waals surface area contributed by atoms with E-state index in [4.69, 9.17) is 23.2 Å². The Morgan fingerprint density at radius 1 is 1.39 bits per heavy atom. The van der Waals surface area contributed by atoms with Crippen molar-refractivity contribution < 1.29 is 0 Å². The van der Waals surface area contributed by atoms with Gasteiger partial charge in [-0.3, -0.25) is 0 Å². The van der Waals surface area contributed by atoms with Gasteiger partial charge in [0, 0.05) is 6.54 Å². The number of aromatic nitrogens is 2. The van der Waals surface area contributed by atoms with Crippen LogP contribution in [0.2, 0.25) is 10.3 Å². The summed E-state index contributed by atoms with van der Waals surface area (Å²) in [6, 6.07) is 0. The number of hydrogen-bond acceptors (Lipinski definition) is 4. The van der Waals surface area contributed by atoms with Crippen LogP contribution in [0, 0.1) is 5.92 Å². The summed E-state index contributed by atoms with van der Waals surface area (Å²) in [5.41, 5.74) is 0. The first-order valence-electron chi connectivity index (χ1n) is 6.25. The zero-order valence-electron chi connectivity index (χ0n) is 10.5. The molecule has 100 valence electrons. The Labute approximate surface area is 118 Å². The predicted molar refractivity (Wildman–Crippen MR) is 75.4 cm³/mol. The van der Waals surface area contributed by atoms with Crippen LogP contribution in [0.1, 0.15) is 19.3 Å². The van der Waals surface area contributed by atoms with Crippen LogP contribution in [-0.4, -0.2) is 41.5 Å². The largest absolute Gasteiger partial charge is 0.369 e. The van der Waals surface area contributed by atoms with Crippen LogP contribution < -0.4 is 5.32 Å². The molecule has 1 aliphatic heterocycles. The number of hydrogen-bond donors (Lipinski definition) is 1. The lowest BCUT2D eigenvalue weighted by molar-refractivity contribution is 0.215. The Morgan fingerprint density at radius 2 is 2.11 bits per heavy atom. The standard InChI is InChI=1S/C12H18Cl2N4/c1-18-6-3-9(4-7-18)2-5-15-11-10(13)8-16-12(14)17-11/h8-9H,2-7H2,1H3,(H,15,16,17). The van der Waals surface area contributed by atoms with Crippen molar-refractivity contribution >= 4 is 29.0 Å². The molecule has 1 aromatic heterocycles. The first-order chi connectivity index (χ1) is 8.65. The molecule has 1 aliphatic rings. The number of piperidine rings is 1. The van der Waals surface area contributed by atoms with Gasteiger partial charge < -0.3 is 10.2 Å². The van der Waals surface area contributed by atoms with Crippen LogP contribution in [0.15, 0.2) is 6.20 Å². The summed E-state index contributed by atoms with van der Waals surface area (Å²) >= 11 is 11.7. The molecular weight excluding hydrogens is 271 g/mol. The van der Waals surface area contributed by atoms with Gasteiger partial charge in [-0.2, -0.15) is 4.98 Å². The van der Waals surface area contributed by atoms with E-state index in [0.29, 0.717) is 10.8 Å². The average Bonchev–Trinajstić information content (AvgIpc) is 2.36. The third kappa shape index (κ3) is 3.97. The fraction of sp³-hybridized carbons (Fsp3) is 0.667. The molecule has 0 unspecified atom stereocenters. The van der Waals surface area contributed by atoms with Gasteiger partial charge in [-0.1, -0.05) is 11.6 Å². The van der Waals surface area contributed by atoms with Gasteiger partial charge in [0.1, 0.15) is 10.8 Å². The SMILES string of the molecule is CN1CCC(CCNc2nc(Cl)ncc2Cl)CC1. The summed E-state index contributed by atoms with van der Waals surface area (Å²) in [5.74, 6) is 1.43. The molecular formula is C12H18Cl2N4. The molecule has 4 nitrogen and oxygen atoms in total. The molecule has 0 amide bonds. The predicted octanol–water partition coefficient (Wildman–Crippen LogP) is 2.93. The highest BCUT2D eigenvalue weighted by Gasteiger charge is 2.16. The fourth-order valence-corrected chi connectivity index (χ4v) is 2.51. The van der Waals surface area contributed by atoms with Crippen molar-refractivity contribution in [3.8, 4) is 0 Å². The molecule has 1 saturated heterocycles. The van der Waals surface area contributed by atoms with E-state index in [1.165, 1.54) is 32.1 Å². The summed E-state index contributed by atoms with van der Waals surface area (Å²) in [5, 5.41) is 3.97. The van der Waals surface area contributed by atoms with Gasteiger partial charge in [-0.05, 0) is 56.9 Å². The maximum Gasteiger partial charge on any atom is 0.224 e. The second kappa shape index (κ2) is 6.55. The maximum absolute atomic E-state index is 5.98. The summed E-state index contributed by atoms with van der Waals surface area (Å²) in [6.07, 6.45) is 5.22. The average molecular weight is 289 g/mol. The van der Waals surface area contributed by atoms with Gasteiger partial charge in [0.2, 0.25) is 5.28 Å². The van der Waals surface area contributed by atoms with Crippen LogP contribution in [0.3, 0.4) is 0 Å². The minimum Gasteiger partial charge on any atom is -0.369 e. The molecule has 0 saturated carbocycles. The van der Waals surface area contributed by atoms with Crippen molar-refractivity contribution in [2.75, 3.05) is 32.0 Å². The molecule has 2 heterocycles. The summed E-state index contributed by atoms with van der Waals surface area (Å²) < 4.78 is 0. The molecule has 0 aromatic carbocycles. The Kier molecular flexibility index (Phi) is 5.03. The van der Waals surface area contributed by atoms with Crippen LogP contribution in [0.25, 0.3) is 0 Å². The molecule has 18 heavy (non-hydrogen) atoms. The summed E-state index contributed by atoms with van der Waals surface area (Å²) in [4.78, 5) is 10.3. The second-order valence-corrected chi connectivity index (χ2v) is 5.54. The first kappa shape index (κ1) is 13.8. The highest BCUT2D eigenvalue weighted by Crippen LogP contribution is 2.22. The Bertz CT molecular complexity index is 392. The lowest BCUT2D eigenvalue weighted by atomic mass is 9.94. The van der Waals surface area contributed by atoms with Gasteiger partial charge in [-0.15, -0.1) is 0 Å². The first-order valence-corrected chi connectivity index (χ1v) is 7.01. The summed E-state index contributed by atoms with van der Waals surface area (Å²) in [7, 11) is 2.18. The molecule has 2 rings (SSSR count). The highest BCUT2D eigenvalue weighted by molar-refractivity contribution is 6.33. The Balaban J connectivity index is 1.76. The van der Waals surface area contributed by atoms with Crippen molar-refractivity contribution in [2.45, 2.75) is 19.3 Å².